The predicted octanol–water partition coefficient (Wildman–Crippen LogP) is 2.91. The van der Waals surface area contributed by atoms with Crippen molar-refractivity contribution in [3.63, 3.8) is 0 Å². The molecule has 0 atom stereocenters. The number of amidine groups is 1. The highest BCUT2D eigenvalue weighted by Crippen LogP contribution is 2.28. The first-order valence-electron chi connectivity index (χ1n) is 11.4. The lowest BCUT2D eigenvalue weighted by Gasteiger charge is -2.28. The standard InChI is InChI=1S/C24H30N6O3.ClH/c1-33-24(32)17-8-10-18(11-9-17)27-23(31)19-14-20(15-4-6-16(7-5-15)21(25)26)28-29-22(19)30-12-2-3-13-30;/h4-7,14,17-18H,2-3,8-13H2,1H3,(H3,25,26)(H,27,31);1H/t17-,18-;. The third-order valence-electron chi connectivity index (χ3n) is 6.51. The molecule has 1 aromatic heterocycles. The van der Waals surface area contributed by atoms with E-state index < -0.39 is 0 Å². The number of nitrogens with one attached hydrogen (secondary N) is 2. The number of nitrogens with zero attached hydrogens (tertiary/aromatic N) is 3. The Morgan fingerprint density at radius 1 is 1.09 bits per heavy atom. The number of methoxy groups -OCH3 is 1. The van der Waals surface area contributed by atoms with Crippen LogP contribution in [0.25, 0.3) is 11.3 Å². The van der Waals surface area contributed by atoms with E-state index in [1.807, 2.05) is 12.1 Å². The van der Waals surface area contributed by atoms with E-state index in [9.17, 15) is 9.59 Å². The van der Waals surface area contributed by atoms with Gasteiger partial charge in [0.15, 0.2) is 5.82 Å². The minimum atomic E-state index is -0.171. The molecule has 1 aliphatic heterocycles. The van der Waals surface area contributed by atoms with Crippen molar-refractivity contribution in [1.29, 1.82) is 5.41 Å². The quantitative estimate of drug-likeness (QED) is 0.324. The Morgan fingerprint density at radius 2 is 1.74 bits per heavy atom. The predicted molar refractivity (Wildman–Crippen MR) is 132 cm³/mol. The van der Waals surface area contributed by atoms with Gasteiger partial charge < -0.3 is 20.7 Å². The molecule has 0 spiro atoms. The molecular weight excluding hydrogens is 456 g/mol. The normalized spacial score (nSPS) is 19.7. The Bertz CT molecular complexity index is 1030. The summed E-state index contributed by atoms with van der Waals surface area (Å²) in [5.74, 6) is 0.177. The second-order valence-electron chi connectivity index (χ2n) is 8.70. The maximum absolute atomic E-state index is 13.3. The molecule has 4 rings (SSSR count). The highest BCUT2D eigenvalue weighted by atomic mass is 35.5. The number of hydrogen-bond acceptors (Lipinski definition) is 7. The van der Waals surface area contributed by atoms with Crippen molar-refractivity contribution in [1.82, 2.24) is 15.5 Å². The van der Waals surface area contributed by atoms with Crippen molar-refractivity contribution < 1.29 is 14.3 Å². The fourth-order valence-electron chi connectivity index (χ4n) is 4.58. The average molecular weight is 487 g/mol. The van der Waals surface area contributed by atoms with Crippen LogP contribution in [0.1, 0.15) is 54.4 Å². The largest absolute Gasteiger partial charge is 0.469 e. The number of nitrogen functional groups attached to an aromatic ring is 1. The number of rotatable bonds is 6. The molecule has 0 bridgehead atoms. The zero-order valence-electron chi connectivity index (χ0n) is 19.3. The number of benzene rings is 1. The maximum atomic E-state index is 13.3. The van der Waals surface area contributed by atoms with Gasteiger partial charge in [0, 0.05) is 30.3 Å². The Morgan fingerprint density at radius 3 is 2.32 bits per heavy atom. The van der Waals surface area contributed by atoms with E-state index in [0.717, 1.165) is 44.3 Å². The van der Waals surface area contributed by atoms with Gasteiger partial charge in [0.1, 0.15) is 5.84 Å². The fraction of sp³-hybridized carbons (Fsp3) is 0.458. The third kappa shape index (κ3) is 5.64. The minimum absolute atomic E-state index is 0. The molecule has 9 nitrogen and oxygen atoms in total. The second-order valence-corrected chi connectivity index (χ2v) is 8.70. The summed E-state index contributed by atoms with van der Waals surface area (Å²) >= 11 is 0. The minimum Gasteiger partial charge on any atom is -0.469 e. The van der Waals surface area contributed by atoms with E-state index in [-0.39, 0.29) is 42.1 Å². The summed E-state index contributed by atoms with van der Waals surface area (Å²) in [6.07, 6.45) is 5.02. The van der Waals surface area contributed by atoms with Gasteiger partial charge in [0.2, 0.25) is 0 Å². The summed E-state index contributed by atoms with van der Waals surface area (Å²) in [7, 11) is 1.41. The smallest absolute Gasteiger partial charge is 0.308 e. The third-order valence-corrected chi connectivity index (χ3v) is 6.51. The Labute approximate surface area is 205 Å². The molecule has 4 N–H and O–H groups in total. The Kier molecular flexibility index (Phi) is 8.44. The lowest BCUT2D eigenvalue weighted by atomic mass is 9.86. The van der Waals surface area contributed by atoms with Crippen molar-refractivity contribution in [3.8, 4) is 11.3 Å². The van der Waals surface area contributed by atoms with Gasteiger partial charge in [-0.25, -0.2) is 0 Å². The first-order valence-corrected chi connectivity index (χ1v) is 11.4. The molecule has 1 aliphatic carbocycles. The maximum Gasteiger partial charge on any atom is 0.308 e. The van der Waals surface area contributed by atoms with Gasteiger partial charge in [-0.15, -0.1) is 22.6 Å². The van der Waals surface area contributed by atoms with Crippen molar-refractivity contribution >= 4 is 35.9 Å². The van der Waals surface area contributed by atoms with E-state index in [2.05, 4.69) is 20.4 Å². The van der Waals surface area contributed by atoms with Gasteiger partial charge >= 0.3 is 5.97 Å². The number of carbonyl (C=O) groups is 2. The average Bonchev–Trinajstić information content (AvgIpc) is 3.38. The van der Waals surface area contributed by atoms with Crippen LogP contribution in [-0.4, -0.2) is 54.2 Å². The zero-order valence-corrected chi connectivity index (χ0v) is 20.1. The number of amides is 1. The van der Waals surface area contributed by atoms with Crippen LogP contribution in [0.3, 0.4) is 0 Å². The van der Waals surface area contributed by atoms with Gasteiger partial charge in [-0.2, -0.15) is 0 Å². The monoisotopic (exact) mass is 486 g/mol. The summed E-state index contributed by atoms with van der Waals surface area (Å²) in [5.41, 5.74) is 8.07. The van der Waals surface area contributed by atoms with Crippen LogP contribution in [0.5, 0.6) is 0 Å². The molecule has 2 heterocycles. The molecule has 1 aromatic carbocycles. The Hall–Kier alpha value is -3.20. The van der Waals surface area contributed by atoms with Gasteiger partial charge in [-0.05, 0) is 44.6 Å². The van der Waals surface area contributed by atoms with E-state index in [1.165, 1.54) is 7.11 Å². The second kappa shape index (κ2) is 11.3. The van der Waals surface area contributed by atoms with Crippen LogP contribution in [0.15, 0.2) is 30.3 Å². The summed E-state index contributed by atoms with van der Waals surface area (Å²) in [4.78, 5) is 27.2. The molecule has 1 amide bonds. The van der Waals surface area contributed by atoms with Crippen LogP contribution >= 0.6 is 12.4 Å². The number of nitrogens with two attached hydrogens (primary N) is 1. The van der Waals surface area contributed by atoms with Gasteiger partial charge in [-0.1, -0.05) is 24.3 Å². The molecule has 2 fully saturated rings. The van der Waals surface area contributed by atoms with Gasteiger partial charge in [0.05, 0.1) is 24.3 Å². The molecule has 0 radical (unpaired) electrons. The molecule has 2 aromatic rings. The van der Waals surface area contributed by atoms with Crippen molar-refractivity contribution in [2.24, 2.45) is 11.7 Å². The topological polar surface area (TPSA) is 134 Å². The van der Waals surface area contributed by atoms with Crippen LogP contribution in [0.2, 0.25) is 0 Å². The highest BCUT2D eigenvalue weighted by Gasteiger charge is 2.29. The summed E-state index contributed by atoms with van der Waals surface area (Å²) < 4.78 is 4.86. The summed E-state index contributed by atoms with van der Waals surface area (Å²) in [6.45, 7) is 1.71. The van der Waals surface area contributed by atoms with E-state index in [1.54, 1.807) is 18.2 Å². The highest BCUT2D eigenvalue weighted by molar-refractivity contribution is 6.00. The number of aromatic nitrogens is 2. The molecule has 34 heavy (non-hydrogen) atoms. The number of halogens is 1. The van der Waals surface area contributed by atoms with Crippen LogP contribution in [0, 0.1) is 11.3 Å². The van der Waals surface area contributed by atoms with Gasteiger partial charge in [-0.3, -0.25) is 15.0 Å². The lowest BCUT2D eigenvalue weighted by Crippen LogP contribution is -2.39. The summed E-state index contributed by atoms with van der Waals surface area (Å²) in [6, 6.07) is 8.97. The SMILES string of the molecule is COC(=O)[C@H]1CC[C@H](NC(=O)c2cc(-c3ccc(C(=N)N)cc3)nnc2N2CCCC2)CC1.Cl. The van der Waals surface area contributed by atoms with E-state index >= 15 is 0 Å². The molecule has 2 aliphatic rings. The first-order chi connectivity index (χ1) is 16.0. The number of hydrogen-bond donors (Lipinski definition) is 3. The van der Waals surface area contributed by atoms with Crippen molar-refractivity contribution in [2.75, 3.05) is 25.1 Å². The van der Waals surface area contributed by atoms with Crippen LogP contribution in [-0.2, 0) is 9.53 Å². The van der Waals surface area contributed by atoms with Crippen LogP contribution < -0.4 is 16.0 Å². The number of carbonyl (C=O) groups excluding carboxylic acids is 2. The zero-order chi connectivity index (χ0) is 23.4. The number of anilines is 1. The molecular formula is C24H31ClN6O3. The molecule has 10 heteroatoms. The van der Waals surface area contributed by atoms with Crippen molar-refractivity contribution in [3.05, 3.63) is 41.5 Å². The van der Waals surface area contributed by atoms with E-state index in [0.29, 0.717) is 35.5 Å². The molecule has 0 unspecified atom stereocenters. The number of esters is 1. The lowest BCUT2D eigenvalue weighted by molar-refractivity contribution is -0.146. The van der Waals surface area contributed by atoms with E-state index in [4.69, 9.17) is 15.9 Å². The number of ether oxygens (including phenoxy) is 1. The molecule has 1 saturated carbocycles. The van der Waals surface area contributed by atoms with Crippen molar-refractivity contribution in [2.45, 2.75) is 44.6 Å². The van der Waals surface area contributed by atoms with Crippen LogP contribution in [0.4, 0.5) is 5.82 Å². The fourth-order valence-corrected chi connectivity index (χ4v) is 4.58. The first kappa shape index (κ1) is 25.4. The Balaban J connectivity index is 0.00000324. The summed E-state index contributed by atoms with van der Waals surface area (Å²) in [5, 5.41) is 19.5. The van der Waals surface area contributed by atoms with Gasteiger partial charge in [0.25, 0.3) is 5.91 Å². The molecule has 182 valence electrons. The molecule has 1 saturated heterocycles.